The number of rotatable bonds is 20. The Morgan fingerprint density at radius 2 is 1.04 bits per heavy atom. The maximum Gasteiger partial charge on any atom is 0.187 e. The first-order chi connectivity index (χ1) is 44.5. The van der Waals surface area contributed by atoms with Crippen LogP contribution in [0.25, 0.3) is 0 Å². The molecule has 11 aliphatic rings. The zero-order valence-electron chi connectivity index (χ0n) is 52.9. The summed E-state index contributed by atoms with van der Waals surface area (Å²) in [7, 11) is 0. The van der Waals surface area contributed by atoms with E-state index in [9.17, 15) is 102 Å². The largest absolute Gasteiger partial charge is 0.394 e. The van der Waals surface area contributed by atoms with Gasteiger partial charge < -0.3 is 159 Å². The van der Waals surface area contributed by atoms with Crippen LogP contribution in [0.4, 0.5) is 0 Å². The SMILES string of the molecule is C[C@H](CC[C@@]1(O)O[C@H]2C[C@H]3[C@@H]4CC[C@H]5C[C@@H](O[C@@H]6O[C@H](CO)[C@H](O[C@@H]7O[C@H](CO)[C@@H](O)[C@H](O[C@@H]8OC[C@@H](O)[C@H](O)[C@H]8O)[C@H]7O[C@@H]7O[C@H](CO)[C@@H](O)[C@H](O[C@@H]8OC[C@@H](O)[C@H](O)[C@H]8O)[C@H]7O)[C@H](O)[C@H]6O)CC[C@]5(C)[C@H]4CC(=O)[C@]3(C)[C@H]2[C@@H]1C)CO[C@@H]1O[C@H](CO)[C@@H](O)[C@H](O)[C@H]1O. The van der Waals surface area contributed by atoms with Gasteiger partial charge in [-0.05, 0) is 80.0 Å². The number of carbonyl (C=O) groups is 1. The van der Waals surface area contributed by atoms with Crippen LogP contribution in [0.5, 0.6) is 0 Å². The molecule has 94 heavy (non-hydrogen) atoms. The number of carbonyl (C=O) groups excluding carboxylic acids is 1. The van der Waals surface area contributed by atoms with Gasteiger partial charge in [0, 0.05) is 30.1 Å². The van der Waals surface area contributed by atoms with Crippen LogP contribution >= 0.6 is 0 Å². The van der Waals surface area contributed by atoms with Crippen molar-refractivity contribution in [2.24, 2.45) is 52.3 Å². The summed E-state index contributed by atoms with van der Waals surface area (Å²) in [5, 5.41) is 206. The smallest absolute Gasteiger partial charge is 0.187 e. The quantitative estimate of drug-likeness (QED) is 0.0504. The molecule has 4 aliphatic carbocycles. The highest BCUT2D eigenvalue weighted by atomic mass is 16.8. The van der Waals surface area contributed by atoms with Gasteiger partial charge in [0.25, 0.3) is 0 Å². The summed E-state index contributed by atoms with van der Waals surface area (Å²) in [6.45, 7) is 3.61. The number of aliphatic hydroxyl groups excluding tert-OH is 18. The fraction of sp³-hybridized carbons (Fsp3) is 0.984. The average Bonchev–Trinajstić information content (AvgIpc) is 1.48. The lowest BCUT2D eigenvalue weighted by Gasteiger charge is -2.60. The summed E-state index contributed by atoms with van der Waals surface area (Å²) >= 11 is 0. The molecule has 7 heterocycles. The normalized spacial score (nSPS) is 54.9. The van der Waals surface area contributed by atoms with Crippen LogP contribution in [0.15, 0.2) is 0 Å². The summed E-state index contributed by atoms with van der Waals surface area (Å²) in [4.78, 5) is 14.9. The van der Waals surface area contributed by atoms with Gasteiger partial charge >= 0.3 is 0 Å². The number of fused-ring (bicyclic) bond motifs is 7. The molecule has 0 aromatic heterocycles. The minimum absolute atomic E-state index is 0.00384. The molecular formula is C61H100O33. The molecule has 542 valence electrons. The van der Waals surface area contributed by atoms with Crippen molar-refractivity contribution in [1.82, 2.24) is 0 Å². The molecule has 0 bridgehead atoms. The van der Waals surface area contributed by atoms with Crippen LogP contribution in [0.3, 0.4) is 0 Å². The summed E-state index contributed by atoms with van der Waals surface area (Å²) < 4.78 is 77.4. The van der Waals surface area contributed by atoms with E-state index in [1.165, 1.54) is 0 Å². The second-order valence-corrected chi connectivity index (χ2v) is 28.9. The van der Waals surface area contributed by atoms with Gasteiger partial charge in [-0.25, -0.2) is 0 Å². The molecule has 19 N–H and O–H groups in total. The van der Waals surface area contributed by atoms with E-state index in [2.05, 4.69) is 6.92 Å². The fourth-order valence-electron chi connectivity index (χ4n) is 17.7. The summed E-state index contributed by atoms with van der Waals surface area (Å²) in [6, 6.07) is 0. The molecular weight excluding hydrogens is 1260 g/mol. The highest BCUT2D eigenvalue weighted by molar-refractivity contribution is 5.87. The molecule has 11 fully saturated rings. The van der Waals surface area contributed by atoms with E-state index in [-0.39, 0.29) is 65.8 Å². The lowest BCUT2D eigenvalue weighted by molar-refractivity contribution is -0.408. The Balaban J connectivity index is 0.738. The lowest BCUT2D eigenvalue weighted by atomic mass is 9.44. The number of ether oxygens (including phenoxy) is 13. The first kappa shape index (κ1) is 73.6. The van der Waals surface area contributed by atoms with Gasteiger partial charge in [-0.2, -0.15) is 0 Å². The van der Waals surface area contributed by atoms with Crippen molar-refractivity contribution >= 4 is 5.78 Å². The number of hydrogen-bond donors (Lipinski definition) is 19. The zero-order chi connectivity index (χ0) is 67.9. The minimum atomic E-state index is -2.15. The van der Waals surface area contributed by atoms with Crippen LogP contribution < -0.4 is 0 Å². The monoisotopic (exact) mass is 1360 g/mol. The third-order valence-corrected chi connectivity index (χ3v) is 23.4. The molecule has 7 aliphatic heterocycles. The first-order valence-electron chi connectivity index (χ1n) is 33.2. The van der Waals surface area contributed by atoms with Gasteiger partial charge in [0.2, 0.25) is 0 Å². The molecule has 0 unspecified atom stereocenters. The first-order valence-corrected chi connectivity index (χ1v) is 33.2. The second-order valence-electron chi connectivity index (χ2n) is 28.9. The second kappa shape index (κ2) is 29.4. The van der Waals surface area contributed by atoms with Crippen LogP contribution in [0.1, 0.15) is 85.5 Å². The Bertz CT molecular complexity index is 2490. The van der Waals surface area contributed by atoms with E-state index >= 15 is 0 Å². The Morgan fingerprint density at radius 1 is 0.521 bits per heavy atom. The topological polar surface area (TPSA) is 521 Å². The molecule has 0 spiro atoms. The van der Waals surface area contributed by atoms with Gasteiger partial charge in [0.15, 0.2) is 43.5 Å². The zero-order valence-corrected chi connectivity index (χ0v) is 52.9. The van der Waals surface area contributed by atoms with Gasteiger partial charge in [0.1, 0.15) is 140 Å². The summed E-state index contributed by atoms with van der Waals surface area (Å²) in [5.74, 6) is -1.95. The van der Waals surface area contributed by atoms with Crippen molar-refractivity contribution in [3.05, 3.63) is 0 Å². The Morgan fingerprint density at radius 3 is 1.67 bits per heavy atom. The van der Waals surface area contributed by atoms with Crippen molar-refractivity contribution in [2.75, 3.05) is 46.2 Å². The van der Waals surface area contributed by atoms with E-state index < -0.39 is 235 Å². The number of hydrogen-bond acceptors (Lipinski definition) is 33. The highest BCUT2D eigenvalue weighted by Gasteiger charge is 2.71. The van der Waals surface area contributed by atoms with Crippen molar-refractivity contribution in [3.8, 4) is 0 Å². The molecule has 4 saturated carbocycles. The molecule has 0 amide bonds. The maximum absolute atomic E-state index is 14.9. The Hall–Kier alpha value is -1.61. The van der Waals surface area contributed by atoms with E-state index in [0.29, 0.717) is 38.5 Å². The van der Waals surface area contributed by atoms with Crippen LogP contribution in [-0.2, 0) is 66.4 Å². The van der Waals surface area contributed by atoms with Crippen LogP contribution in [0, 0.1) is 52.3 Å². The lowest BCUT2D eigenvalue weighted by Crippen LogP contribution is -2.69. The molecule has 40 atom stereocenters. The van der Waals surface area contributed by atoms with Crippen molar-refractivity contribution in [2.45, 2.75) is 276 Å². The Kier molecular flexibility index (Phi) is 23.0. The number of aliphatic hydroxyl groups is 19. The number of Topliss-reactive ketones (excluding diaryl/α,β-unsaturated/α-hetero) is 1. The highest BCUT2D eigenvalue weighted by Crippen LogP contribution is 2.70. The Labute approximate surface area is 541 Å². The van der Waals surface area contributed by atoms with E-state index in [0.717, 1.165) is 12.8 Å². The molecule has 33 nitrogen and oxygen atoms in total. The van der Waals surface area contributed by atoms with Crippen molar-refractivity contribution in [3.63, 3.8) is 0 Å². The van der Waals surface area contributed by atoms with E-state index in [1.807, 2.05) is 20.8 Å². The third kappa shape index (κ3) is 13.5. The fourth-order valence-corrected chi connectivity index (χ4v) is 17.7. The molecule has 33 heteroatoms. The predicted molar refractivity (Wildman–Crippen MR) is 305 cm³/mol. The maximum atomic E-state index is 14.9. The van der Waals surface area contributed by atoms with Gasteiger partial charge in [-0.15, -0.1) is 0 Å². The third-order valence-electron chi connectivity index (χ3n) is 23.4. The molecule has 11 rings (SSSR count). The molecule has 0 radical (unpaired) electrons. The minimum Gasteiger partial charge on any atom is -0.394 e. The summed E-state index contributed by atoms with van der Waals surface area (Å²) in [5.41, 5.74) is -1.06. The van der Waals surface area contributed by atoms with Crippen LogP contribution in [-0.4, -0.2) is 339 Å². The van der Waals surface area contributed by atoms with Crippen molar-refractivity contribution in [1.29, 1.82) is 0 Å². The summed E-state index contributed by atoms with van der Waals surface area (Å²) in [6.07, 6.45) is -45.6. The molecule has 7 saturated heterocycles. The van der Waals surface area contributed by atoms with Crippen molar-refractivity contribution < 1.29 is 163 Å². The predicted octanol–water partition coefficient (Wildman–Crippen LogP) is -7.85. The molecule has 0 aromatic rings. The van der Waals surface area contributed by atoms with E-state index in [1.54, 1.807) is 0 Å². The van der Waals surface area contributed by atoms with Gasteiger partial charge in [-0.1, -0.05) is 27.7 Å². The average molecular weight is 1360 g/mol. The number of ketones is 1. The van der Waals surface area contributed by atoms with Gasteiger partial charge in [-0.3, -0.25) is 4.79 Å². The van der Waals surface area contributed by atoms with Crippen LogP contribution in [0.2, 0.25) is 0 Å². The van der Waals surface area contributed by atoms with E-state index in [4.69, 9.17) is 61.6 Å². The molecule has 0 aromatic carbocycles. The van der Waals surface area contributed by atoms with Gasteiger partial charge in [0.05, 0.1) is 58.5 Å². The standard InChI is InChI=1S/C61H100O33/c1-21(18-82-53-46(78)42(74)39(71)31(14-62)86-53)7-10-61(81)22(2)36-30(94-61)12-27-25-6-5-23-11-24(8-9-59(23,3)26(25)13-35(68)60(27,36)4)85-56-47(79)43(75)49(34(17-65)89-56)90-58-52(51(41(73)33(16-64)88-58)92-55-45(77)38(70)29(67)20-84-55)93-57-48(80)50(40(72)32(15-63)87-57)91-54-44(76)37(69)28(66)19-83-54/h21-34,36-58,62-67,69-81H,5-20H2,1-4H3/t21-,22+,23+,24+,25-,26+,27+,28-,29-,30+,31-,32-,33-,34-,36+,37+,38+,39-,40-,41-,42+,43-,44-,45-,46-,47-,48-,49+,50+,51+,52-,53-,54+,55+,56-,57+,58+,59+,60-,61-/m1/s1.